The number of carbonyl (C=O) groups is 2. The Hall–Kier alpha value is -2.60. The quantitative estimate of drug-likeness (QED) is 0.550. The number of hydrogen-bond acceptors (Lipinski definition) is 4. The molecule has 0 heterocycles. The van der Waals surface area contributed by atoms with Crippen molar-refractivity contribution in [3.05, 3.63) is 70.2 Å². The van der Waals surface area contributed by atoms with Gasteiger partial charge in [-0.2, -0.15) is 0 Å². The molecule has 1 N–H and O–H groups in total. The van der Waals surface area contributed by atoms with Crippen LogP contribution in [-0.4, -0.2) is 25.1 Å². The minimum absolute atomic E-state index is 0.347. The van der Waals surface area contributed by atoms with E-state index in [0.717, 1.165) is 21.3 Å². The second-order valence-corrected chi connectivity index (χ2v) is 6.45. The number of carbonyl (C=O) groups excluding carboxylic acids is 2. The maximum Gasteiger partial charge on any atom is 0.331 e. The third kappa shape index (κ3) is 6.37. The monoisotopic (exact) mass is 417 g/mol. The van der Waals surface area contributed by atoms with Gasteiger partial charge in [0.05, 0.1) is 7.11 Å². The summed E-state index contributed by atoms with van der Waals surface area (Å²) in [5, 5.41) is 2.74. The van der Waals surface area contributed by atoms with Crippen molar-refractivity contribution in [2.45, 2.75) is 19.6 Å². The summed E-state index contributed by atoms with van der Waals surface area (Å²) in [5.41, 5.74) is 1.79. The molecule has 0 fully saturated rings. The molecule has 2 rings (SSSR count). The van der Waals surface area contributed by atoms with Crippen LogP contribution in [0.1, 0.15) is 18.1 Å². The minimum Gasteiger partial charge on any atom is -0.497 e. The van der Waals surface area contributed by atoms with Gasteiger partial charge in [0, 0.05) is 17.1 Å². The van der Waals surface area contributed by atoms with E-state index < -0.39 is 12.1 Å². The predicted octanol–water partition coefficient (Wildman–Crippen LogP) is 3.72. The molecule has 0 radical (unpaired) electrons. The smallest absolute Gasteiger partial charge is 0.331 e. The number of hydrogen-bond donors (Lipinski definition) is 1. The Morgan fingerprint density at radius 3 is 2.38 bits per heavy atom. The highest BCUT2D eigenvalue weighted by molar-refractivity contribution is 9.10. The summed E-state index contributed by atoms with van der Waals surface area (Å²) in [6.07, 6.45) is 2.06. The van der Waals surface area contributed by atoms with Crippen LogP contribution in [0.2, 0.25) is 0 Å². The van der Waals surface area contributed by atoms with Crippen molar-refractivity contribution < 1.29 is 19.1 Å². The van der Waals surface area contributed by atoms with E-state index in [2.05, 4.69) is 21.2 Å². The molecule has 0 aliphatic rings. The molecule has 136 valence electrons. The summed E-state index contributed by atoms with van der Waals surface area (Å²) in [7, 11) is 1.60. The molecular weight excluding hydrogens is 398 g/mol. The summed E-state index contributed by atoms with van der Waals surface area (Å²) in [4.78, 5) is 23.9. The summed E-state index contributed by atoms with van der Waals surface area (Å²) in [6, 6.07) is 14.8. The van der Waals surface area contributed by atoms with Gasteiger partial charge in [0.1, 0.15) is 5.75 Å². The zero-order valence-electron chi connectivity index (χ0n) is 14.6. The van der Waals surface area contributed by atoms with Crippen molar-refractivity contribution in [3.63, 3.8) is 0 Å². The molecule has 5 nitrogen and oxygen atoms in total. The van der Waals surface area contributed by atoms with Crippen LogP contribution in [0.25, 0.3) is 6.08 Å². The lowest BCUT2D eigenvalue weighted by molar-refractivity contribution is -0.150. The Morgan fingerprint density at radius 1 is 1.12 bits per heavy atom. The molecule has 1 amide bonds. The van der Waals surface area contributed by atoms with E-state index >= 15 is 0 Å². The summed E-state index contributed by atoms with van der Waals surface area (Å²) in [6.45, 7) is 1.88. The van der Waals surface area contributed by atoms with Crippen LogP contribution < -0.4 is 10.1 Å². The van der Waals surface area contributed by atoms with Crippen molar-refractivity contribution in [2.24, 2.45) is 0 Å². The van der Waals surface area contributed by atoms with Gasteiger partial charge in [-0.15, -0.1) is 0 Å². The summed E-state index contributed by atoms with van der Waals surface area (Å²) < 4.78 is 11.2. The molecule has 26 heavy (non-hydrogen) atoms. The lowest BCUT2D eigenvalue weighted by Gasteiger charge is -2.12. The number of rotatable bonds is 7. The Bertz CT molecular complexity index is 769. The lowest BCUT2D eigenvalue weighted by atomic mass is 10.2. The second-order valence-electron chi connectivity index (χ2n) is 5.53. The van der Waals surface area contributed by atoms with E-state index in [-0.39, 0.29) is 5.91 Å². The molecule has 0 saturated heterocycles. The number of halogens is 1. The number of methoxy groups -OCH3 is 1. The average Bonchev–Trinajstić information content (AvgIpc) is 2.66. The van der Waals surface area contributed by atoms with Gasteiger partial charge in [0.2, 0.25) is 0 Å². The van der Waals surface area contributed by atoms with Gasteiger partial charge in [-0.3, -0.25) is 4.79 Å². The predicted molar refractivity (Wildman–Crippen MR) is 104 cm³/mol. The third-order valence-electron chi connectivity index (χ3n) is 3.57. The van der Waals surface area contributed by atoms with Gasteiger partial charge in [-0.25, -0.2) is 4.79 Å². The van der Waals surface area contributed by atoms with Gasteiger partial charge >= 0.3 is 5.97 Å². The molecular formula is C20H20BrNO4. The second kappa shape index (κ2) is 9.77. The van der Waals surface area contributed by atoms with Crippen LogP contribution in [0.5, 0.6) is 5.75 Å². The van der Waals surface area contributed by atoms with Gasteiger partial charge in [-0.05, 0) is 48.4 Å². The van der Waals surface area contributed by atoms with Crippen LogP contribution >= 0.6 is 15.9 Å². The average molecular weight is 418 g/mol. The van der Waals surface area contributed by atoms with Crippen LogP contribution in [0.15, 0.2) is 59.1 Å². The molecule has 1 atom stereocenters. The zero-order valence-corrected chi connectivity index (χ0v) is 16.2. The summed E-state index contributed by atoms with van der Waals surface area (Å²) >= 11 is 3.35. The van der Waals surface area contributed by atoms with Crippen LogP contribution in [0, 0.1) is 0 Å². The fourth-order valence-electron chi connectivity index (χ4n) is 2.08. The number of ether oxygens (including phenoxy) is 2. The van der Waals surface area contributed by atoms with E-state index in [0.29, 0.717) is 6.54 Å². The molecule has 0 unspecified atom stereocenters. The Morgan fingerprint density at radius 2 is 1.77 bits per heavy atom. The maximum absolute atomic E-state index is 12.0. The third-order valence-corrected chi connectivity index (χ3v) is 4.10. The molecule has 0 spiro atoms. The normalized spacial score (nSPS) is 11.8. The lowest BCUT2D eigenvalue weighted by Crippen LogP contribution is -2.35. The van der Waals surface area contributed by atoms with Gasteiger partial charge < -0.3 is 14.8 Å². The van der Waals surface area contributed by atoms with Gasteiger partial charge in [-0.1, -0.05) is 40.2 Å². The van der Waals surface area contributed by atoms with E-state index in [9.17, 15) is 9.59 Å². The van der Waals surface area contributed by atoms with Crippen molar-refractivity contribution in [2.75, 3.05) is 7.11 Å². The highest BCUT2D eigenvalue weighted by Crippen LogP contribution is 2.12. The Balaban J connectivity index is 1.79. The number of benzene rings is 2. The van der Waals surface area contributed by atoms with Crippen LogP contribution in [-0.2, 0) is 20.9 Å². The van der Waals surface area contributed by atoms with E-state index in [1.165, 1.54) is 13.0 Å². The molecule has 0 aromatic heterocycles. The molecule has 0 saturated carbocycles. The first kappa shape index (κ1) is 19.7. The molecule has 6 heteroatoms. The van der Waals surface area contributed by atoms with E-state index in [1.54, 1.807) is 13.2 Å². The highest BCUT2D eigenvalue weighted by Gasteiger charge is 2.16. The molecule has 0 aliphatic heterocycles. The number of esters is 1. The van der Waals surface area contributed by atoms with E-state index in [4.69, 9.17) is 9.47 Å². The van der Waals surface area contributed by atoms with Gasteiger partial charge in [0.15, 0.2) is 6.10 Å². The molecule has 2 aromatic rings. The van der Waals surface area contributed by atoms with Crippen LogP contribution in [0.4, 0.5) is 0 Å². The first-order valence-electron chi connectivity index (χ1n) is 8.03. The fraction of sp³-hybridized carbons (Fsp3) is 0.200. The molecule has 0 bridgehead atoms. The number of amides is 1. The van der Waals surface area contributed by atoms with Crippen molar-refractivity contribution in [1.82, 2.24) is 5.32 Å². The van der Waals surface area contributed by atoms with Gasteiger partial charge in [0.25, 0.3) is 5.91 Å². The number of nitrogens with one attached hydrogen (secondary N) is 1. The maximum atomic E-state index is 12.0. The Kier molecular flexibility index (Phi) is 7.41. The SMILES string of the molecule is COc1ccc(CNC(=O)[C@H](C)OC(=O)/C=C/c2ccc(Br)cc2)cc1. The molecule has 0 aliphatic carbocycles. The largest absolute Gasteiger partial charge is 0.497 e. The zero-order chi connectivity index (χ0) is 18.9. The first-order valence-corrected chi connectivity index (χ1v) is 8.82. The topological polar surface area (TPSA) is 64.6 Å². The Labute approximate surface area is 161 Å². The minimum atomic E-state index is -0.879. The molecule has 2 aromatic carbocycles. The van der Waals surface area contributed by atoms with Crippen molar-refractivity contribution in [1.29, 1.82) is 0 Å². The first-order chi connectivity index (χ1) is 12.5. The summed E-state index contributed by atoms with van der Waals surface area (Å²) in [5.74, 6) is -0.175. The van der Waals surface area contributed by atoms with Crippen molar-refractivity contribution >= 4 is 33.9 Å². The van der Waals surface area contributed by atoms with Crippen molar-refractivity contribution in [3.8, 4) is 5.75 Å². The fourth-order valence-corrected chi connectivity index (χ4v) is 2.35. The highest BCUT2D eigenvalue weighted by atomic mass is 79.9. The van der Waals surface area contributed by atoms with E-state index in [1.807, 2.05) is 48.5 Å². The van der Waals surface area contributed by atoms with Crippen LogP contribution in [0.3, 0.4) is 0 Å². The standard InChI is InChI=1S/C20H20BrNO4/c1-14(20(24)22-13-16-5-10-18(25-2)11-6-16)26-19(23)12-7-15-3-8-17(21)9-4-15/h3-12,14H,13H2,1-2H3,(H,22,24)/b12-7+/t14-/m0/s1.